The van der Waals surface area contributed by atoms with E-state index in [1.165, 1.54) is 13.0 Å². The minimum absolute atomic E-state index is 0.154. The van der Waals surface area contributed by atoms with E-state index < -0.39 is 0 Å². The third kappa shape index (κ3) is 4.85. The average Bonchev–Trinajstić information content (AvgIpc) is 3.23. The van der Waals surface area contributed by atoms with Crippen molar-refractivity contribution in [3.63, 3.8) is 0 Å². The van der Waals surface area contributed by atoms with E-state index >= 15 is 0 Å². The predicted octanol–water partition coefficient (Wildman–Crippen LogP) is 5.39. The second-order valence-corrected chi connectivity index (χ2v) is 7.04. The molecule has 152 valence electrons. The number of hydrogen-bond donors (Lipinski definition) is 1. The average molecular weight is 407 g/mol. The van der Waals surface area contributed by atoms with Gasteiger partial charge in [-0.3, -0.25) is 9.59 Å². The molecule has 0 spiro atoms. The number of hydrogen-bond acceptors (Lipinski definition) is 3. The molecule has 1 N–H and O–H groups in total. The molecule has 0 radical (unpaired) electrons. The molecular formula is C26H21N3O2. The van der Waals surface area contributed by atoms with Crippen molar-refractivity contribution in [3.8, 4) is 16.9 Å². The zero-order valence-electron chi connectivity index (χ0n) is 17.0. The molecule has 31 heavy (non-hydrogen) atoms. The van der Waals surface area contributed by atoms with Gasteiger partial charge in [0.25, 0.3) is 0 Å². The van der Waals surface area contributed by atoms with E-state index in [2.05, 4.69) is 5.32 Å². The van der Waals surface area contributed by atoms with E-state index in [1.807, 2.05) is 71.5 Å². The number of carbonyl (C=O) groups is 2. The van der Waals surface area contributed by atoms with Crippen LogP contribution in [0.2, 0.25) is 0 Å². The van der Waals surface area contributed by atoms with Gasteiger partial charge < -0.3 is 5.32 Å². The number of anilines is 1. The molecule has 3 aromatic carbocycles. The molecule has 0 aliphatic rings. The zero-order valence-corrected chi connectivity index (χ0v) is 17.0. The molecule has 0 bridgehead atoms. The largest absolute Gasteiger partial charge is 0.326 e. The number of amides is 1. The third-order valence-corrected chi connectivity index (χ3v) is 4.69. The number of allylic oxidation sites excluding steroid dienone is 1. The smallest absolute Gasteiger partial charge is 0.221 e. The summed E-state index contributed by atoms with van der Waals surface area (Å²) in [6.07, 6.45) is 5.23. The second-order valence-electron chi connectivity index (χ2n) is 7.04. The van der Waals surface area contributed by atoms with Gasteiger partial charge in [-0.25, -0.2) is 4.68 Å². The van der Waals surface area contributed by atoms with Gasteiger partial charge in [-0.05, 0) is 36.4 Å². The maximum atomic E-state index is 12.8. The van der Waals surface area contributed by atoms with Gasteiger partial charge >= 0.3 is 0 Å². The summed E-state index contributed by atoms with van der Waals surface area (Å²) in [7, 11) is 0. The summed E-state index contributed by atoms with van der Waals surface area (Å²) in [6, 6.07) is 26.6. The van der Waals surface area contributed by atoms with Crippen LogP contribution in [0.15, 0.2) is 97.2 Å². The monoisotopic (exact) mass is 407 g/mol. The van der Waals surface area contributed by atoms with Crippen LogP contribution in [0.4, 0.5) is 5.69 Å². The highest BCUT2D eigenvalue weighted by Crippen LogP contribution is 2.25. The first-order valence-corrected chi connectivity index (χ1v) is 9.91. The molecule has 0 saturated heterocycles. The van der Waals surface area contributed by atoms with Crippen molar-refractivity contribution < 1.29 is 9.59 Å². The Bertz CT molecular complexity index is 1240. The molecule has 1 heterocycles. The zero-order chi connectivity index (χ0) is 21.6. The van der Waals surface area contributed by atoms with Gasteiger partial charge in [0.2, 0.25) is 5.91 Å². The fourth-order valence-corrected chi connectivity index (χ4v) is 3.26. The molecule has 0 saturated carbocycles. The maximum Gasteiger partial charge on any atom is 0.221 e. The number of aromatic nitrogens is 2. The standard InChI is InChI=1S/C26H21N3O2/c1-19(30)27-23-12-8-11-21(17-23)25(31)16-15-22-18-29(24-13-6-3-7-14-24)28-26(22)20-9-4-2-5-10-20/h2-18H,1H3,(H,27,30)/b16-15+. The predicted molar refractivity (Wildman–Crippen MR) is 123 cm³/mol. The summed E-state index contributed by atoms with van der Waals surface area (Å²) in [5.41, 5.74) is 4.63. The first-order chi connectivity index (χ1) is 15.1. The van der Waals surface area contributed by atoms with Crippen LogP contribution in [-0.2, 0) is 4.79 Å². The van der Waals surface area contributed by atoms with Crippen molar-refractivity contribution in [2.24, 2.45) is 0 Å². The molecular weight excluding hydrogens is 386 g/mol. The van der Waals surface area contributed by atoms with Gasteiger partial charge in [0, 0.05) is 35.5 Å². The molecule has 0 unspecified atom stereocenters. The van der Waals surface area contributed by atoms with Crippen LogP contribution in [-0.4, -0.2) is 21.5 Å². The lowest BCUT2D eigenvalue weighted by atomic mass is 10.1. The Kier molecular flexibility index (Phi) is 5.85. The van der Waals surface area contributed by atoms with Crippen LogP contribution >= 0.6 is 0 Å². The van der Waals surface area contributed by atoms with E-state index in [0.717, 1.165) is 22.5 Å². The highest BCUT2D eigenvalue weighted by atomic mass is 16.1. The molecule has 0 atom stereocenters. The van der Waals surface area contributed by atoms with Gasteiger partial charge in [0.05, 0.1) is 11.4 Å². The Labute approximate surface area is 180 Å². The van der Waals surface area contributed by atoms with Crippen LogP contribution in [0, 0.1) is 0 Å². The Morgan fingerprint density at radius 3 is 2.32 bits per heavy atom. The maximum absolute atomic E-state index is 12.8. The van der Waals surface area contributed by atoms with Crippen molar-refractivity contribution >= 4 is 23.5 Å². The normalized spacial score (nSPS) is 10.9. The molecule has 5 heteroatoms. The summed E-state index contributed by atoms with van der Waals surface area (Å²) >= 11 is 0. The van der Waals surface area contributed by atoms with E-state index in [9.17, 15) is 9.59 Å². The fraction of sp³-hybridized carbons (Fsp3) is 0.0385. The molecule has 4 rings (SSSR count). The number of nitrogens with zero attached hydrogens (tertiary/aromatic N) is 2. The number of para-hydroxylation sites is 1. The highest BCUT2D eigenvalue weighted by Gasteiger charge is 2.11. The van der Waals surface area contributed by atoms with E-state index in [-0.39, 0.29) is 11.7 Å². The minimum Gasteiger partial charge on any atom is -0.326 e. The molecule has 5 nitrogen and oxygen atoms in total. The summed E-state index contributed by atoms with van der Waals surface area (Å²) in [5.74, 6) is -0.334. The highest BCUT2D eigenvalue weighted by molar-refractivity contribution is 6.08. The number of rotatable bonds is 6. The summed E-state index contributed by atoms with van der Waals surface area (Å²) < 4.78 is 1.81. The number of nitrogens with one attached hydrogen (secondary N) is 1. The van der Waals surface area contributed by atoms with Crippen LogP contribution in [0.1, 0.15) is 22.8 Å². The van der Waals surface area contributed by atoms with Gasteiger partial charge in [0.1, 0.15) is 0 Å². The first-order valence-electron chi connectivity index (χ1n) is 9.91. The molecule has 0 aliphatic carbocycles. The van der Waals surface area contributed by atoms with Crippen molar-refractivity contribution in [1.82, 2.24) is 9.78 Å². The number of benzene rings is 3. The molecule has 0 fully saturated rings. The Balaban J connectivity index is 1.67. The lowest BCUT2D eigenvalue weighted by Gasteiger charge is -2.03. The van der Waals surface area contributed by atoms with Crippen LogP contribution in [0.5, 0.6) is 0 Å². The van der Waals surface area contributed by atoms with Gasteiger partial charge in [-0.2, -0.15) is 5.10 Å². The lowest BCUT2D eigenvalue weighted by molar-refractivity contribution is -0.114. The summed E-state index contributed by atoms with van der Waals surface area (Å²) in [4.78, 5) is 24.0. The third-order valence-electron chi connectivity index (χ3n) is 4.69. The van der Waals surface area contributed by atoms with Crippen molar-refractivity contribution in [3.05, 3.63) is 108 Å². The van der Waals surface area contributed by atoms with Crippen LogP contribution in [0.3, 0.4) is 0 Å². The SMILES string of the molecule is CC(=O)Nc1cccc(C(=O)/C=C/c2cn(-c3ccccc3)nc2-c2ccccc2)c1. The minimum atomic E-state index is -0.180. The number of ketones is 1. The molecule has 1 amide bonds. The lowest BCUT2D eigenvalue weighted by Crippen LogP contribution is -2.06. The van der Waals surface area contributed by atoms with E-state index in [1.54, 1.807) is 30.3 Å². The van der Waals surface area contributed by atoms with Crippen LogP contribution in [0.25, 0.3) is 23.0 Å². The van der Waals surface area contributed by atoms with Crippen molar-refractivity contribution in [1.29, 1.82) is 0 Å². The molecule has 4 aromatic rings. The second kappa shape index (κ2) is 9.05. The Morgan fingerprint density at radius 1 is 0.903 bits per heavy atom. The molecule has 0 aliphatic heterocycles. The van der Waals surface area contributed by atoms with Crippen LogP contribution < -0.4 is 5.32 Å². The van der Waals surface area contributed by atoms with Crippen molar-refractivity contribution in [2.45, 2.75) is 6.92 Å². The van der Waals surface area contributed by atoms with Gasteiger partial charge in [-0.15, -0.1) is 0 Å². The quantitative estimate of drug-likeness (QED) is 0.344. The van der Waals surface area contributed by atoms with Crippen molar-refractivity contribution in [2.75, 3.05) is 5.32 Å². The van der Waals surface area contributed by atoms with E-state index in [4.69, 9.17) is 5.10 Å². The molecule has 1 aromatic heterocycles. The number of carbonyl (C=O) groups excluding carboxylic acids is 2. The fourth-order valence-electron chi connectivity index (χ4n) is 3.26. The Hall–Kier alpha value is -4.25. The summed E-state index contributed by atoms with van der Waals surface area (Å²) in [5, 5.41) is 7.45. The van der Waals surface area contributed by atoms with Gasteiger partial charge in [-0.1, -0.05) is 60.7 Å². The Morgan fingerprint density at radius 2 is 1.61 bits per heavy atom. The topological polar surface area (TPSA) is 64.0 Å². The van der Waals surface area contributed by atoms with E-state index in [0.29, 0.717) is 11.3 Å². The van der Waals surface area contributed by atoms with Gasteiger partial charge in [0.15, 0.2) is 5.78 Å². The first kappa shape index (κ1) is 20.0. The summed E-state index contributed by atoms with van der Waals surface area (Å²) in [6.45, 7) is 1.43.